The van der Waals surface area contributed by atoms with Gasteiger partial charge < -0.3 is 20.1 Å². The van der Waals surface area contributed by atoms with Crippen molar-refractivity contribution in [1.82, 2.24) is 10.2 Å². The summed E-state index contributed by atoms with van der Waals surface area (Å²) in [5, 5.41) is 13.9. The van der Waals surface area contributed by atoms with Crippen LogP contribution in [0.3, 0.4) is 0 Å². The van der Waals surface area contributed by atoms with Crippen molar-refractivity contribution >= 4 is 5.91 Å². The lowest BCUT2D eigenvalue weighted by atomic mass is 9.71. The number of carbonyl (C=O) groups excluding carboxylic acids is 1. The van der Waals surface area contributed by atoms with Crippen LogP contribution in [0.2, 0.25) is 0 Å². The molecule has 2 N–H and O–H groups in total. The molecule has 5 heteroatoms. The van der Waals surface area contributed by atoms with Crippen LogP contribution in [0, 0.1) is 5.92 Å². The first-order valence-corrected chi connectivity index (χ1v) is 8.50. The fourth-order valence-corrected chi connectivity index (χ4v) is 4.04. The molecule has 1 amide bonds. The molecule has 3 aliphatic rings. The molecular weight excluding hydrogens is 268 g/mol. The number of ether oxygens (including phenoxy) is 1. The Morgan fingerprint density at radius 2 is 2.05 bits per heavy atom. The number of hydrogen-bond acceptors (Lipinski definition) is 4. The Hall–Kier alpha value is -0.650. The Morgan fingerprint density at radius 3 is 2.86 bits per heavy atom. The van der Waals surface area contributed by atoms with Crippen LogP contribution in [0.5, 0.6) is 0 Å². The summed E-state index contributed by atoms with van der Waals surface area (Å²) in [6, 6.07) is 0. The molecule has 0 aromatic carbocycles. The van der Waals surface area contributed by atoms with Gasteiger partial charge in [-0.25, -0.2) is 0 Å². The number of nitrogens with one attached hydrogen (secondary N) is 1. The molecule has 1 aliphatic carbocycles. The molecule has 1 saturated carbocycles. The van der Waals surface area contributed by atoms with Crippen LogP contribution in [0.15, 0.2) is 0 Å². The van der Waals surface area contributed by atoms with Crippen molar-refractivity contribution < 1.29 is 14.6 Å². The Kier molecular flexibility index (Phi) is 4.82. The second-order valence-electron chi connectivity index (χ2n) is 6.90. The van der Waals surface area contributed by atoms with Crippen LogP contribution in [0.1, 0.15) is 44.9 Å². The average Bonchev–Trinajstić information content (AvgIpc) is 2.52. The lowest BCUT2D eigenvalue weighted by Crippen LogP contribution is -2.55. The van der Waals surface area contributed by atoms with Gasteiger partial charge in [-0.15, -0.1) is 0 Å². The molecule has 0 aromatic rings. The van der Waals surface area contributed by atoms with E-state index in [2.05, 4.69) is 5.32 Å². The molecule has 3 fully saturated rings. The second kappa shape index (κ2) is 6.63. The maximum atomic E-state index is 12.3. The number of nitrogens with zero attached hydrogens (tertiary/aromatic N) is 1. The minimum atomic E-state index is -0.509. The third kappa shape index (κ3) is 3.58. The van der Waals surface area contributed by atoms with Crippen molar-refractivity contribution in [2.24, 2.45) is 5.92 Å². The van der Waals surface area contributed by atoms with Crippen molar-refractivity contribution in [3.63, 3.8) is 0 Å². The molecule has 2 heterocycles. The number of hydrogen-bond donors (Lipinski definition) is 2. The van der Waals surface area contributed by atoms with Crippen molar-refractivity contribution in [1.29, 1.82) is 0 Å². The normalized spacial score (nSPS) is 34.5. The number of aliphatic hydroxyl groups is 1. The van der Waals surface area contributed by atoms with Crippen molar-refractivity contribution in [2.75, 3.05) is 32.8 Å². The molecule has 0 spiro atoms. The van der Waals surface area contributed by atoms with Crippen molar-refractivity contribution in [3.05, 3.63) is 0 Å². The standard InChI is InChI=1S/C16H28N2O3/c19-15(12-21-14-4-8-17-9-5-14)18-10-7-16(20)6-2-1-3-13(16)11-18/h13-14,17,20H,1-12H2. The van der Waals surface area contributed by atoms with Crippen molar-refractivity contribution in [3.8, 4) is 0 Å². The van der Waals surface area contributed by atoms with Gasteiger partial charge in [-0.3, -0.25) is 4.79 Å². The molecule has 0 bridgehead atoms. The van der Waals surface area contributed by atoms with E-state index < -0.39 is 5.60 Å². The zero-order chi connectivity index (χ0) is 14.7. The van der Waals surface area contributed by atoms with E-state index in [4.69, 9.17) is 4.74 Å². The molecule has 2 aliphatic heterocycles. The van der Waals surface area contributed by atoms with E-state index in [1.807, 2.05) is 4.90 Å². The molecule has 0 radical (unpaired) electrons. The Bertz CT molecular complexity index is 371. The van der Waals surface area contributed by atoms with Gasteiger partial charge in [0, 0.05) is 19.0 Å². The Morgan fingerprint density at radius 1 is 1.24 bits per heavy atom. The van der Waals surface area contributed by atoms with Crippen LogP contribution in [0.4, 0.5) is 0 Å². The molecule has 120 valence electrons. The number of carbonyl (C=O) groups is 1. The zero-order valence-electron chi connectivity index (χ0n) is 12.9. The predicted octanol–water partition coefficient (Wildman–Crippen LogP) is 0.909. The lowest BCUT2D eigenvalue weighted by Gasteiger charge is -2.47. The molecule has 2 unspecified atom stereocenters. The van der Waals surface area contributed by atoms with E-state index in [1.165, 1.54) is 6.42 Å². The summed E-state index contributed by atoms with van der Waals surface area (Å²) in [5.74, 6) is 0.365. The van der Waals surface area contributed by atoms with Gasteiger partial charge in [0.1, 0.15) is 6.61 Å². The van der Waals surface area contributed by atoms with Crippen LogP contribution < -0.4 is 5.32 Å². The van der Waals surface area contributed by atoms with Crippen LogP contribution >= 0.6 is 0 Å². The van der Waals surface area contributed by atoms with Gasteiger partial charge in [0.05, 0.1) is 11.7 Å². The van der Waals surface area contributed by atoms with Gasteiger partial charge in [-0.05, 0) is 45.2 Å². The molecule has 2 saturated heterocycles. The largest absolute Gasteiger partial charge is 0.389 e. The molecule has 5 nitrogen and oxygen atoms in total. The van der Waals surface area contributed by atoms with Gasteiger partial charge in [0.25, 0.3) is 0 Å². The smallest absolute Gasteiger partial charge is 0.248 e. The summed E-state index contributed by atoms with van der Waals surface area (Å²) in [6.07, 6.45) is 7.22. The maximum absolute atomic E-state index is 12.3. The summed E-state index contributed by atoms with van der Waals surface area (Å²) in [4.78, 5) is 14.2. The van der Waals surface area contributed by atoms with Gasteiger partial charge in [-0.1, -0.05) is 12.8 Å². The number of likely N-dealkylation sites (tertiary alicyclic amines) is 1. The minimum Gasteiger partial charge on any atom is -0.389 e. The second-order valence-corrected chi connectivity index (χ2v) is 6.90. The van der Waals surface area contributed by atoms with E-state index in [0.717, 1.165) is 51.6 Å². The lowest BCUT2D eigenvalue weighted by molar-refractivity contribution is -0.150. The summed E-state index contributed by atoms with van der Waals surface area (Å²) >= 11 is 0. The molecule has 3 rings (SSSR count). The fourth-order valence-electron chi connectivity index (χ4n) is 4.04. The number of amides is 1. The van der Waals surface area contributed by atoms with Crippen LogP contribution in [-0.2, 0) is 9.53 Å². The van der Waals surface area contributed by atoms with Gasteiger partial charge in [0.2, 0.25) is 5.91 Å². The number of piperidine rings is 2. The highest BCUT2D eigenvalue weighted by atomic mass is 16.5. The van der Waals surface area contributed by atoms with E-state index in [0.29, 0.717) is 13.1 Å². The zero-order valence-corrected chi connectivity index (χ0v) is 12.9. The number of rotatable bonds is 3. The Balaban J connectivity index is 1.47. The molecule has 21 heavy (non-hydrogen) atoms. The third-order valence-corrected chi connectivity index (χ3v) is 5.51. The highest BCUT2D eigenvalue weighted by Gasteiger charge is 2.43. The van der Waals surface area contributed by atoms with E-state index in [9.17, 15) is 9.90 Å². The van der Waals surface area contributed by atoms with E-state index >= 15 is 0 Å². The van der Waals surface area contributed by atoms with E-state index in [-0.39, 0.29) is 24.5 Å². The quantitative estimate of drug-likeness (QED) is 0.812. The minimum absolute atomic E-state index is 0.0983. The van der Waals surface area contributed by atoms with Gasteiger partial charge in [-0.2, -0.15) is 0 Å². The fraction of sp³-hybridized carbons (Fsp3) is 0.938. The highest BCUT2D eigenvalue weighted by Crippen LogP contribution is 2.39. The first-order valence-electron chi connectivity index (χ1n) is 8.50. The Labute approximate surface area is 127 Å². The van der Waals surface area contributed by atoms with Gasteiger partial charge >= 0.3 is 0 Å². The number of fused-ring (bicyclic) bond motifs is 1. The molecule has 0 aromatic heterocycles. The summed E-state index contributed by atoms with van der Waals surface area (Å²) in [6.45, 7) is 3.57. The average molecular weight is 296 g/mol. The molecule has 2 atom stereocenters. The third-order valence-electron chi connectivity index (χ3n) is 5.51. The SMILES string of the molecule is O=C(COC1CCNCC1)N1CCC2(O)CCCCC2C1. The van der Waals surface area contributed by atoms with Crippen molar-refractivity contribution in [2.45, 2.75) is 56.7 Å². The van der Waals surface area contributed by atoms with Crippen LogP contribution in [-0.4, -0.2) is 60.4 Å². The van der Waals surface area contributed by atoms with E-state index in [1.54, 1.807) is 0 Å². The molecular formula is C16H28N2O3. The first-order chi connectivity index (χ1) is 10.2. The summed E-state index contributed by atoms with van der Waals surface area (Å²) in [7, 11) is 0. The monoisotopic (exact) mass is 296 g/mol. The predicted molar refractivity (Wildman–Crippen MR) is 79.9 cm³/mol. The first kappa shape index (κ1) is 15.3. The van der Waals surface area contributed by atoms with Crippen LogP contribution in [0.25, 0.3) is 0 Å². The topological polar surface area (TPSA) is 61.8 Å². The summed E-state index contributed by atoms with van der Waals surface area (Å²) in [5.41, 5.74) is -0.509. The maximum Gasteiger partial charge on any atom is 0.248 e. The van der Waals surface area contributed by atoms with Gasteiger partial charge in [0.15, 0.2) is 0 Å². The summed E-state index contributed by atoms with van der Waals surface area (Å²) < 4.78 is 5.77. The highest BCUT2D eigenvalue weighted by molar-refractivity contribution is 5.77.